The van der Waals surface area contributed by atoms with Crippen molar-refractivity contribution in [1.29, 1.82) is 0 Å². The molecule has 1 heterocycles. The van der Waals surface area contributed by atoms with Crippen molar-refractivity contribution in [3.8, 4) is 5.75 Å². The Labute approximate surface area is 151 Å². The lowest BCUT2D eigenvalue weighted by Crippen LogP contribution is -2.30. The van der Waals surface area contributed by atoms with E-state index in [0.29, 0.717) is 16.3 Å². The van der Waals surface area contributed by atoms with Crippen LogP contribution in [0.1, 0.15) is 46.1 Å². The van der Waals surface area contributed by atoms with Crippen LogP contribution in [0.15, 0.2) is 28.6 Å². The molecule has 1 atom stereocenters. The number of rotatable bonds is 7. The molecule has 130 valence electrons. The van der Waals surface area contributed by atoms with Crippen LogP contribution in [-0.2, 0) is 4.79 Å². The number of ether oxygens (including phenoxy) is 1. The van der Waals surface area contributed by atoms with Crippen LogP contribution in [0.2, 0.25) is 0 Å². The molecule has 1 aromatic carbocycles. The summed E-state index contributed by atoms with van der Waals surface area (Å²) < 4.78 is 6.70. The number of nitrogens with zero attached hydrogens (tertiary/aromatic N) is 2. The molecule has 7 heteroatoms. The predicted molar refractivity (Wildman–Crippen MR) is 100 cm³/mol. The molecule has 0 aliphatic carbocycles. The number of anilines is 1. The van der Waals surface area contributed by atoms with Gasteiger partial charge < -0.3 is 4.74 Å². The highest BCUT2D eigenvalue weighted by atomic mass is 32.2. The highest BCUT2D eigenvalue weighted by Crippen LogP contribution is 2.29. The lowest BCUT2D eigenvalue weighted by atomic mass is 10.0. The minimum absolute atomic E-state index is 0.231. The summed E-state index contributed by atoms with van der Waals surface area (Å²) in [4.78, 5) is 12.3. The van der Waals surface area contributed by atoms with Crippen LogP contribution in [0.5, 0.6) is 5.75 Å². The van der Waals surface area contributed by atoms with E-state index in [1.807, 2.05) is 24.3 Å². The van der Waals surface area contributed by atoms with Crippen molar-refractivity contribution in [2.75, 3.05) is 5.32 Å². The largest absolute Gasteiger partial charge is 0.481 e. The van der Waals surface area contributed by atoms with Gasteiger partial charge >= 0.3 is 0 Å². The first-order valence-corrected chi connectivity index (χ1v) is 9.63. The molecule has 2 rings (SSSR count). The molecular formula is C17H23N3O2S2. The third kappa shape index (κ3) is 5.21. The molecule has 5 nitrogen and oxygen atoms in total. The molecule has 2 aromatic rings. The van der Waals surface area contributed by atoms with E-state index in [-0.39, 0.29) is 5.91 Å². The Morgan fingerprint density at radius 3 is 2.54 bits per heavy atom. The zero-order valence-electron chi connectivity index (χ0n) is 14.6. The van der Waals surface area contributed by atoms with Crippen LogP contribution in [0.4, 0.5) is 5.13 Å². The molecule has 0 unspecified atom stereocenters. The number of thioether (sulfide) groups is 1. The third-order valence-electron chi connectivity index (χ3n) is 3.19. The molecule has 0 bridgehead atoms. The zero-order chi connectivity index (χ0) is 17.7. The van der Waals surface area contributed by atoms with Gasteiger partial charge in [-0.05, 0) is 24.5 Å². The molecule has 0 aliphatic rings. The molecule has 0 radical (unpaired) electrons. The molecule has 0 saturated heterocycles. The van der Waals surface area contributed by atoms with Crippen LogP contribution in [0.25, 0.3) is 0 Å². The molecule has 0 saturated carbocycles. The van der Waals surface area contributed by atoms with E-state index >= 15 is 0 Å². The highest BCUT2D eigenvalue weighted by Gasteiger charge is 2.19. The second-order valence-electron chi connectivity index (χ2n) is 5.98. The molecular weight excluding hydrogens is 342 g/mol. The summed E-state index contributed by atoms with van der Waals surface area (Å²) in [5.74, 6) is 0.838. The maximum atomic E-state index is 12.3. The van der Waals surface area contributed by atoms with Crippen molar-refractivity contribution < 1.29 is 9.53 Å². The van der Waals surface area contributed by atoms with Gasteiger partial charge in [-0.15, -0.1) is 10.2 Å². The van der Waals surface area contributed by atoms with E-state index in [1.165, 1.54) is 11.3 Å². The number of hydrogen-bond acceptors (Lipinski definition) is 6. The van der Waals surface area contributed by atoms with Gasteiger partial charge in [-0.3, -0.25) is 10.1 Å². The maximum absolute atomic E-state index is 12.3. The fourth-order valence-corrected chi connectivity index (χ4v) is 4.00. The van der Waals surface area contributed by atoms with E-state index < -0.39 is 6.10 Å². The number of hydrogen-bond donors (Lipinski definition) is 1. The van der Waals surface area contributed by atoms with Gasteiger partial charge in [0.05, 0.1) is 0 Å². The minimum atomic E-state index is -0.616. The second kappa shape index (κ2) is 8.48. The standard InChI is InChI=1S/C17H23N3O2S2/c1-10(2)13-8-6-7-9-14(13)22-12(5)15(21)18-16-19-20-17(24-16)23-11(3)4/h6-12H,1-5H3,(H,18,19,21)/t12-/m0/s1. The second-order valence-corrected chi connectivity index (χ2v) is 8.78. The number of aromatic nitrogens is 2. The maximum Gasteiger partial charge on any atom is 0.266 e. The van der Waals surface area contributed by atoms with Crippen LogP contribution >= 0.6 is 23.1 Å². The summed E-state index contributed by atoms with van der Waals surface area (Å²) in [6.45, 7) is 10.1. The highest BCUT2D eigenvalue weighted by molar-refractivity contribution is 8.01. The Bertz CT molecular complexity index is 686. The van der Waals surface area contributed by atoms with Gasteiger partial charge in [0.25, 0.3) is 5.91 Å². The number of nitrogens with one attached hydrogen (secondary N) is 1. The van der Waals surface area contributed by atoms with Gasteiger partial charge in [-0.2, -0.15) is 0 Å². The van der Waals surface area contributed by atoms with Crippen molar-refractivity contribution in [3.63, 3.8) is 0 Å². The zero-order valence-corrected chi connectivity index (χ0v) is 16.2. The lowest BCUT2D eigenvalue weighted by molar-refractivity contribution is -0.122. The topological polar surface area (TPSA) is 64.1 Å². The van der Waals surface area contributed by atoms with Crippen molar-refractivity contribution in [3.05, 3.63) is 29.8 Å². The van der Waals surface area contributed by atoms with E-state index in [9.17, 15) is 4.79 Å². The van der Waals surface area contributed by atoms with Crippen molar-refractivity contribution >= 4 is 34.1 Å². The molecule has 0 fully saturated rings. The van der Waals surface area contributed by atoms with Crippen LogP contribution in [0, 0.1) is 0 Å². The summed E-state index contributed by atoms with van der Waals surface area (Å²) in [6.07, 6.45) is -0.616. The third-order valence-corrected chi connectivity index (χ3v) is 5.11. The van der Waals surface area contributed by atoms with E-state index in [1.54, 1.807) is 18.7 Å². The molecule has 24 heavy (non-hydrogen) atoms. The van der Waals surface area contributed by atoms with Crippen LogP contribution in [0.3, 0.4) is 0 Å². The average Bonchev–Trinajstić information content (AvgIpc) is 2.93. The Hall–Kier alpha value is -1.60. The van der Waals surface area contributed by atoms with E-state index in [4.69, 9.17) is 4.74 Å². The Morgan fingerprint density at radius 1 is 1.17 bits per heavy atom. The first-order valence-electron chi connectivity index (χ1n) is 7.93. The van der Waals surface area contributed by atoms with Gasteiger partial charge in [-0.25, -0.2) is 0 Å². The SMILES string of the molecule is CC(C)Sc1nnc(NC(=O)[C@H](C)Oc2ccccc2C(C)C)s1. The Kier molecular flexibility index (Phi) is 6.62. The number of carbonyl (C=O) groups is 1. The average molecular weight is 366 g/mol. The van der Waals surface area contributed by atoms with E-state index in [2.05, 4.69) is 43.2 Å². The summed E-state index contributed by atoms with van der Waals surface area (Å²) in [6, 6.07) is 7.79. The molecule has 1 N–H and O–H groups in total. The monoisotopic (exact) mass is 365 g/mol. The Morgan fingerprint density at radius 2 is 1.88 bits per heavy atom. The van der Waals surface area contributed by atoms with Gasteiger partial charge in [0.15, 0.2) is 10.4 Å². The van der Waals surface area contributed by atoms with Gasteiger partial charge in [0.1, 0.15) is 5.75 Å². The number of benzene rings is 1. The first-order chi connectivity index (χ1) is 11.4. The van der Waals surface area contributed by atoms with Gasteiger partial charge in [-0.1, -0.05) is 69.0 Å². The summed E-state index contributed by atoms with van der Waals surface area (Å²) in [5, 5.41) is 11.8. The number of amides is 1. The van der Waals surface area contributed by atoms with Crippen molar-refractivity contribution in [2.24, 2.45) is 0 Å². The number of carbonyl (C=O) groups excluding carboxylic acids is 1. The van der Waals surface area contributed by atoms with E-state index in [0.717, 1.165) is 15.7 Å². The normalized spacial score (nSPS) is 12.5. The molecule has 1 aromatic heterocycles. The summed E-state index contributed by atoms with van der Waals surface area (Å²) >= 11 is 3.00. The quantitative estimate of drug-likeness (QED) is 0.575. The first kappa shape index (κ1) is 18.7. The fraction of sp³-hybridized carbons (Fsp3) is 0.471. The Balaban J connectivity index is 1.99. The molecule has 1 amide bonds. The summed E-state index contributed by atoms with van der Waals surface area (Å²) in [5.41, 5.74) is 1.09. The fourth-order valence-electron chi connectivity index (χ4n) is 2.03. The molecule has 0 spiro atoms. The minimum Gasteiger partial charge on any atom is -0.481 e. The predicted octanol–water partition coefficient (Wildman–Crippen LogP) is 4.57. The van der Waals surface area contributed by atoms with Crippen LogP contribution in [-0.4, -0.2) is 27.5 Å². The van der Waals surface area contributed by atoms with Crippen molar-refractivity contribution in [2.45, 2.75) is 56.2 Å². The molecule has 0 aliphatic heterocycles. The van der Waals surface area contributed by atoms with Crippen molar-refractivity contribution in [1.82, 2.24) is 10.2 Å². The smallest absolute Gasteiger partial charge is 0.266 e. The van der Waals surface area contributed by atoms with Gasteiger partial charge in [0, 0.05) is 5.25 Å². The lowest BCUT2D eigenvalue weighted by Gasteiger charge is -2.18. The number of para-hydroxylation sites is 1. The summed E-state index contributed by atoms with van der Waals surface area (Å²) in [7, 11) is 0. The van der Waals surface area contributed by atoms with Gasteiger partial charge in [0.2, 0.25) is 5.13 Å². The van der Waals surface area contributed by atoms with Crippen LogP contribution < -0.4 is 10.1 Å².